The average Bonchev–Trinajstić information content (AvgIpc) is 2.42. The van der Waals surface area contributed by atoms with E-state index in [4.69, 9.17) is 15.7 Å². The molecule has 0 aliphatic carbocycles. The number of nitrogens with two attached hydrogens (primary N) is 1. The van der Waals surface area contributed by atoms with Gasteiger partial charge in [-0.2, -0.15) is 0 Å². The molecule has 3 N–H and O–H groups in total. The fourth-order valence-corrected chi connectivity index (χ4v) is 2.17. The van der Waals surface area contributed by atoms with E-state index >= 15 is 0 Å². The lowest BCUT2D eigenvalue weighted by Gasteiger charge is -2.06. The fraction of sp³-hybridized carbons (Fsp3) is 0.400. The lowest BCUT2D eigenvalue weighted by atomic mass is 10.2. The summed E-state index contributed by atoms with van der Waals surface area (Å²) < 4.78 is 4.92. The number of hydrogen-bond acceptors (Lipinski definition) is 7. The highest BCUT2D eigenvalue weighted by Gasteiger charge is 2.15. The van der Waals surface area contributed by atoms with Crippen molar-refractivity contribution in [2.75, 3.05) is 19.5 Å². The molecule has 0 atom stereocenters. The molecule has 0 aromatic carbocycles. The molecule has 0 radical (unpaired) electrons. The Labute approximate surface area is 113 Å². The van der Waals surface area contributed by atoms with Crippen molar-refractivity contribution in [3.63, 3.8) is 0 Å². The van der Waals surface area contributed by atoms with Crippen LogP contribution in [0.2, 0.25) is 0 Å². The van der Waals surface area contributed by atoms with Gasteiger partial charge in [0.25, 0.3) is 5.69 Å². The number of rotatable bonds is 7. The van der Waals surface area contributed by atoms with Gasteiger partial charge in [-0.15, -0.1) is 11.8 Å². The molecule has 0 aliphatic rings. The van der Waals surface area contributed by atoms with Gasteiger partial charge in [0.2, 0.25) is 0 Å². The highest BCUT2D eigenvalue weighted by atomic mass is 32.2. The minimum Gasteiger partial charge on any atom is -0.409 e. The van der Waals surface area contributed by atoms with Gasteiger partial charge >= 0.3 is 0 Å². The third kappa shape index (κ3) is 4.38. The summed E-state index contributed by atoms with van der Waals surface area (Å²) in [5, 5.41) is 22.7. The second-order valence-corrected chi connectivity index (χ2v) is 4.57. The summed E-state index contributed by atoms with van der Waals surface area (Å²) in [5.74, 6) is 0.509. The van der Waals surface area contributed by atoms with Gasteiger partial charge in [0, 0.05) is 25.5 Å². The zero-order chi connectivity index (χ0) is 14.3. The number of nitro groups is 1. The van der Waals surface area contributed by atoms with E-state index in [9.17, 15) is 10.1 Å². The molecule has 1 rings (SSSR count). The first-order chi connectivity index (χ1) is 9.10. The molecule has 0 amide bonds. The summed E-state index contributed by atoms with van der Waals surface area (Å²) >= 11 is 1.37. The largest absolute Gasteiger partial charge is 0.409 e. The number of oxime groups is 1. The number of aromatic nitrogens is 1. The Bertz CT molecular complexity index is 481. The highest BCUT2D eigenvalue weighted by molar-refractivity contribution is 7.99. The first kappa shape index (κ1) is 15.2. The van der Waals surface area contributed by atoms with Gasteiger partial charge < -0.3 is 15.7 Å². The Kier molecular flexibility index (Phi) is 6.03. The molecule has 104 valence electrons. The molecule has 0 aliphatic heterocycles. The van der Waals surface area contributed by atoms with Gasteiger partial charge in [-0.1, -0.05) is 5.16 Å². The van der Waals surface area contributed by atoms with Crippen molar-refractivity contribution in [3.05, 3.63) is 27.9 Å². The lowest BCUT2D eigenvalue weighted by molar-refractivity contribution is -0.385. The van der Waals surface area contributed by atoms with Crippen molar-refractivity contribution >= 4 is 23.3 Å². The molecular weight excluding hydrogens is 272 g/mol. The Morgan fingerprint density at radius 2 is 2.47 bits per heavy atom. The van der Waals surface area contributed by atoms with E-state index in [1.54, 1.807) is 7.11 Å². The van der Waals surface area contributed by atoms with Crippen LogP contribution in [0, 0.1) is 10.1 Å². The van der Waals surface area contributed by atoms with Crippen LogP contribution >= 0.6 is 11.8 Å². The molecule has 8 nitrogen and oxygen atoms in total. The SMILES string of the molecule is COCCCSc1ncc([N+](=O)[O-])cc1/C(N)=N/O. The average molecular weight is 286 g/mol. The Morgan fingerprint density at radius 3 is 3.05 bits per heavy atom. The Hall–Kier alpha value is -1.87. The molecule has 1 heterocycles. The summed E-state index contributed by atoms with van der Waals surface area (Å²) in [6.45, 7) is 0.610. The maximum absolute atomic E-state index is 10.7. The van der Waals surface area contributed by atoms with Crippen LogP contribution in [0.15, 0.2) is 22.4 Å². The van der Waals surface area contributed by atoms with Crippen molar-refractivity contribution < 1.29 is 14.9 Å². The van der Waals surface area contributed by atoms with Crippen molar-refractivity contribution in [2.24, 2.45) is 10.9 Å². The number of ether oxygens (including phenoxy) is 1. The first-order valence-corrected chi connectivity index (χ1v) is 6.32. The van der Waals surface area contributed by atoms with Crippen molar-refractivity contribution in [2.45, 2.75) is 11.4 Å². The van der Waals surface area contributed by atoms with Gasteiger partial charge in [0.15, 0.2) is 5.84 Å². The van der Waals surface area contributed by atoms with E-state index < -0.39 is 4.92 Å². The van der Waals surface area contributed by atoms with E-state index in [0.29, 0.717) is 17.4 Å². The number of pyridine rings is 1. The number of amidine groups is 1. The van der Waals surface area contributed by atoms with Crippen LogP contribution < -0.4 is 5.73 Å². The van der Waals surface area contributed by atoms with Gasteiger partial charge in [0.1, 0.15) is 11.2 Å². The quantitative estimate of drug-likeness (QED) is 0.147. The van der Waals surface area contributed by atoms with E-state index in [-0.39, 0.29) is 17.1 Å². The first-order valence-electron chi connectivity index (χ1n) is 5.34. The van der Waals surface area contributed by atoms with Crippen LogP contribution in [-0.2, 0) is 4.74 Å². The third-order valence-corrected chi connectivity index (χ3v) is 3.25. The molecular formula is C10H14N4O4S. The van der Waals surface area contributed by atoms with Gasteiger partial charge in [-0.05, 0) is 6.42 Å². The molecule has 0 spiro atoms. The normalized spacial score (nSPS) is 11.5. The predicted molar refractivity (Wildman–Crippen MR) is 70.6 cm³/mol. The van der Waals surface area contributed by atoms with Crippen LogP contribution in [0.1, 0.15) is 12.0 Å². The van der Waals surface area contributed by atoms with Crippen LogP contribution in [0.3, 0.4) is 0 Å². The Morgan fingerprint density at radius 1 is 1.74 bits per heavy atom. The standard InChI is InChI=1S/C10H14N4O4S/c1-18-3-2-4-19-10-8(9(11)13-15)5-7(6-12-10)14(16)17/h5-6,15H,2-4H2,1H3,(H2,11,13). The zero-order valence-corrected chi connectivity index (χ0v) is 11.1. The fourth-order valence-electron chi connectivity index (χ4n) is 1.27. The van der Waals surface area contributed by atoms with Crippen LogP contribution in [0.25, 0.3) is 0 Å². The topological polar surface area (TPSA) is 124 Å². The Balaban J connectivity index is 2.93. The van der Waals surface area contributed by atoms with Crippen LogP contribution in [0.5, 0.6) is 0 Å². The van der Waals surface area contributed by atoms with Gasteiger partial charge in [-0.3, -0.25) is 10.1 Å². The number of nitrogens with zero attached hydrogens (tertiary/aromatic N) is 3. The van der Waals surface area contributed by atoms with Crippen LogP contribution in [-0.4, -0.2) is 40.4 Å². The molecule has 19 heavy (non-hydrogen) atoms. The number of hydrogen-bond donors (Lipinski definition) is 2. The van der Waals surface area contributed by atoms with Gasteiger partial charge in [0.05, 0.1) is 10.5 Å². The minimum atomic E-state index is -0.583. The highest BCUT2D eigenvalue weighted by Crippen LogP contribution is 2.24. The molecule has 1 aromatic heterocycles. The van der Waals surface area contributed by atoms with E-state index in [1.165, 1.54) is 17.8 Å². The van der Waals surface area contributed by atoms with Crippen molar-refractivity contribution in [3.8, 4) is 0 Å². The molecule has 1 aromatic rings. The summed E-state index contributed by atoms with van der Waals surface area (Å²) in [6.07, 6.45) is 1.95. The predicted octanol–water partition coefficient (Wildman–Crippen LogP) is 1.21. The minimum absolute atomic E-state index is 0.203. The van der Waals surface area contributed by atoms with E-state index in [0.717, 1.165) is 12.6 Å². The maximum atomic E-state index is 10.7. The van der Waals surface area contributed by atoms with E-state index in [2.05, 4.69) is 10.1 Å². The van der Waals surface area contributed by atoms with Crippen molar-refractivity contribution in [1.82, 2.24) is 4.98 Å². The zero-order valence-electron chi connectivity index (χ0n) is 10.3. The second-order valence-electron chi connectivity index (χ2n) is 3.48. The monoisotopic (exact) mass is 286 g/mol. The third-order valence-electron chi connectivity index (χ3n) is 2.16. The summed E-state index contributed by atoms with van der Waals surface area (Å²) in [6, 6.07) is 1.24. The molecule has 0 unspecified atom stereocenters. The molecule has 0 saturated heterocycles. The number of methoxy groups -OCH3 is 1. The smallest absolute Gasteiger partial charge is 0.288 e. The van der Waals surface area contributed by atoms with Gasteiger partial charge in [-0.25, -0.2) is 4.98 Å². The maximum Gasteiger partial charge on any atom is 0.288 e. The second kappa shape index (κ2) is 7.54. The summed E-state index contributed by atoms with van der Waals surface area (Å²) in [7, 11) is 1.61. The number of thioether (sulfide) groups is 1. The van der Waals surface area contributed by atoms with Crippen molar-refractivity contribution in [1.29, 1.82) is 0 Å². The van der Waals surface area contributed by atoms with E-state index in [1.807, 2.05) is 0 Å². The molecule has 0 bridgehead atoms. The van der Waals surface area contributed by atoms with Crippen LogP contribution in [0.4, 0.5) is 5.69 Å². The molecule has 0 fully saturated rings. The lowest BCUT2D eigenvalue weighted by Crippen LogP contribution is -2.15. The summed E-state index contributed by atoms with van der Waals surface area (Å²) in [4.78, 5) is 14.1. The molecule has 9 heteroatoms. The summed E-state index contributed by atoms with van der Waals surface area (Å²) in [5.41, 5.74) is 5.54. The molecule has 0 saturated carbocycles.